The number of aryl methyl sites for hydroxylation is 1. The van der Waals surface area contributed by atoms with Gasteiger partial charge in [0.05, 0.1) is 11.9 Å². The number of amidine groups is 1. The molecule has 1 N–H and O–H groups in total. The first-order valence-corrected chi connectivity index (χ1v) is 7.92. The molecule has 5 heteroatoms. The maximum Gasteiger partial charge on any atom is 0.134 e. The molecule has 0 amide bonds. The van der Waals surface area contributed by atoms with Crippen molar-refractivity contribution in [2.75, 3.05) is 6.54 Å². The van der Waals surface area contributed by atoms with E-state index in [-0.39, 0.29) is 0 Å². The highest BCUT2D eigenvalue weighted by Gasteiger charge is 2.31. The van der Waals surface area contributed by atoms with Crippen LogP contribution in [-0.4, -0.2) is 38.3 Å². The smallest absolute Gasteiger partial charge is 0.134 e. The number of benzene rings is 1. The van der Waals surface area contributed by atoms with Crippen molar-refractivity contribution in [3.05, 3.63) is 36.2 Å². The molecule has 1 fully saturated rings. The molecule has 3 heterocycles. The van der Waals surface area contributed by atoms with Crippen LogP contribution in [0, 0.1) is 0 Å². The number of aliphatic imine (C=N–C) groups is 1. The second kappa shape index (κ2) is 5.25. The molecule has 0 saturated carbocycles. The molecule has 1 saturated heterocycles. The Morgan fingerprint density at radius 1 is 1.32 bits per heavy atom. The van der Waals surface area contributed by atoms with Gasteiger partial charge in [-0.25, -0.2) is 4.99 Å². The molecular weight excluding hydrogens is 276 g/mol. The first kappa shape index (κ1) is 13.5. The average molecular weight is 296 g/mol. The van der Waals surface area contributed by atoms with E-state index in [0.29, 0.717) is 0 Å². The highest BCUT2D eigenvalue weighted by Crippen LogP contribution is 2.33. The van der Waals surface area contributed by atoms with Crippen LogP contribution < -0.4 is 0 Å². The molecule has 2 aromatic rings. The van der Waals surface area contributed by atoms with Gasteiger partial charge in [-0.3, -0.25) is 4.68 Å². The first-order valence-electron chi connectivity index (χ1n) is 7.92. The van der Waals surface area contributed by atoms with Gasteiger partial charge >= 0.3 is 0 Å². The molecule has 114 valence electrons. The number of nitrogens with zero attached hydrogens (tertiary/aromatic N) is 4. The van der Waals surface area contributed by atoms with Crippen molar-refractivity contribution in [2.45, 2.75) is 39.0 Å². The lowest BCUT2D eigenvalue weighted by Gasteiger charge is -2.25. The lowest BCUT2D eigenvalue weighted by molar-refractivity contribution is 0.245. The van der Waals surface area contributed by atoms with Gasteiger partial charge in [-0.2, -0.15) is 5.10 Å². The molecule has 2 aliphatic heterocycles. The van der Waals surface area contributed by atoms with Crippen molar-refractivity contribution in [3.8, 4) is 11.1 Å². The van der Waals surface area contributed by atoms with Crippen LogP contribution in [0.5, 0.6) is 0 Å². The number of hydrogen-bond donors (Lipinski definition) is 1. The van der Waals surface area contributed by atoms with Crippen molar-refractivity contribution < 1.29 is 5.11 Å². The molecule has 0 spiro atoms. The van der Waals surface area contributed by atoms with Gasteiger partial charge < -0.3 is 10.0 Å². The summed E-state index contributed by atoms with van der Waals surface area (Å²) in [5.41, 5.74) is 4.53. The Hall–Kier alpha value is -2.14. The Labute approximate surface area is 129 Å². The summed E-state index contributed by atoms with van der Waals surface area (Å²) in [6, 6.07) is 6.35. The SMILES string of the molecule is CCCn1cc(-c2ccc3c(c2)CN2CCC(O)C2=N3)cn1. The molecular formula is C17H20N4O. The number of hydrogen-bond acceptors (Lipinski definition) is 4. The van der Waals surface area contributed by atoms with Gasteiger partial charge in [0.2, 0.25) is 0 Å². The highest BCUT2D eigenvalue weighted by molar-refractivity contribution is 5.92. The summed E-state index contributed by atoms with van der Waals surface area (Å²) < 4.78 is 1.99. The third-order valence-corrected chi connectivity index (χ3v) is 4.39. The fraction of sp³-hybridized carbons (Fsp3) is 0.412. The third-order valence-electron chi connectivity index (χ3n) is 4.39. The van der Waals surface area contributed by atoms with Gasteiger partial charge in [0, 0.05) is 31.4 Å². The Bertz CT molecular complexity index is 734. The topological polar surface area (TPSA) is 53.6 Å². The predicted octanol–water partition coefficient (Wildman–Crippen LogP) is 2.57. The van der Waals surface area contributed by atoms with Gasteiger partial charge in [0.15, 0.2) is 0 Å². The van der Waals surface area contributed by atoms with Crippen LogP contribution in [0.3, 0.4) is 0 Å². The summed E-state index contributed by atoms with van der Waals surface area (Å²) >= 11 is 0. The molecule has 1 aromatic heterocycles. The van der Waals surface area contributed by atoms with Crippen LogP contribution in [0.4, 0.5) is 5.69 Å². The molecule has 0 bridgehead atoms. The van der Waals surface area contributed by atoms with Crippen LogP contribution in [0.25, 0.3) is 11.1 Å². The van der Waals surface area contributed by atoms with Crippen molar-refractivity contribution >= 4 is 11.5 Å². The molecule has 0 aliphatic carbocycles. The predicted molar refractivity (Wildman–Crippen MR) is 86.1 cm³/mol. The van der Waals surface area contributed by atoms with E-state index >= 15 is 0 Å². The summed E-state index contributed by atoms with van der Waals surface area (Å²) in [6.07, 6.45) is 5.49. The normalized spacial score (nSPS) is 19.8. The maximum atomic E-state index is 9.95. The van der Waals surface area contributed by atoms with Crippen molar-refractivity contribution in [2.24, 2.45) is 4.99 Å². The fourth-order valence-electron chi connectivity index (χ4n) is 3.23. The minimum absolute atomic E-state index is 0.403. The standard InChI is InChI=1S/C17H20N4O/c1-2-6-21-11-14(9-18-21)12-3-4-15-13(8-12)10-20-7-5-16(22)17(20)19-15/h3-4,8-9,11,16,22H,2,5-7,10H2,1H3. The van der Waals surface area contributed by atoms with E-state index in [1.807, 2.05) is 10.9 Å². The van der Waals surface area contributed by atoms with Crippen molar-refractivity contribution in [1.29, 1.82) is 0 Å². The molecule has 5 nitrogen and oxygen atoms in total. The summed E-state index contributed by atoms with van der Waals surface area (Å²) in [6.45, 7) is 4.82. The van der Waals surface area contributed by atoms with Crippen LogP contribution in [-0.2, 0) is 13.1 Å². The number of aliphatic hydroxyl groups is 1. The summed E-state index contributed by atoms with van der Waals surface area (Å²) in [5, 5.41) is 14.4. The van der Waals surface area contributed by atoms with E-state index in [1.54, 1.807) is 0 Å². The van der Waals surface area contributed by atoms with Gasteiger partial charge in [-0.15, -0.1) is 0 Å². The van der Waals surface area contributed by atoms with Gasteiger partial charge in [-0.1, -0.05) is 13.0 Å². The fourth-order valence-corrected chi connectivity index (χ4v) is 3.23. The number of fused-ring (bicyclic) bond motifs is 2. The Balaban J connectivity index is 1.67. The van der Waals surface area contributed by atoms with Crippen molar-refractivity contribution in [3.63, 3.8) is 0 Å². The Morgan fingerprint density at radius 3 is 3.09 bits per heavy atom. The molecule has 2 aliphatic rings. The maximum absolute atomic E-state index is 9.95. The largest absolute Gasteiger partial charge is 0.385 e. The minimum atomic E-state index is -0.403. The summed E-state index contributed by atoms with van der Waals surface area (Å²) in [7, 11) is 0. The minimum Gasteiger partial charge on any atom is -0.385 e. The van der Waals surface area contributed by atoms with E-state index in [2.05, 4.69) is 46.3 Å². The molecule has 1 aromatic carbocycles. The molecule has 1 unspecified atom stereocenters. The quantitative estimate of drug-likeness (QED) is 0.947. The van der Waals surface area contributed by atoms with Crippen molar-refractivity contribution in [1.82, 2.24) is 14.7 Å². The lowest BCUT2D eigenvalue weighted by Crippen LogP contribution is -2.31. The molecule has 4 rings (SSSR count). The molecule has 0 radical (unpaired) electrons. The third kappa shape index (κ3) is 2.22. The number of aliphatic hydroxyl groups excluding tert-OH is 1. The highest BCUT2D eigenvalue weighted by atomic mass is 16.3. The Morgan fingerprint density at radius 2 is 2.23 bits per heavy atom. The summed E-state index contributed by atoms with van der Waals surface area (Å²) in [4.78, 5) is 6.81. The zero-order valence-electron chi connectivity index (χ0n) is 12.7. The van der Waals surface area contributed by atoms with Gasteiger partial charge in [-0.05, 0) is 36.1 Å². The lowest BCUT2D eigenvalue weighted by atomic mass is 10.0. The van der Waals surface area contributed by atoms with Crippen LogP contribution >= 0.6 is 0 Å². The second-order valence-electron chi connectivity index (χ2n) is 6.03. The number of aromatic nitrogens is 2. The summed E-state index contributed by atoms with van der Waals surface area (Å²) in [5.74, 6) is 0.830. The van der Waals surface area contributed by atoms with Crippen LogP contribution in [0.1, 0.15) is 25.3 Å². The van der Waals surface area contributed by atoms with E-state index < -0.39 is 6.10 Å². The second-order valence-corrected chi connectivity index (χ2v) is 6.03. The van der Waals surface area contributed by atoms with E-state index in [1.165, 1.54) is 11.1 Å². The Kier molecular flexibility index (Phi) is 3.22. The van der Waals surface area contributed by atoms with E-state index in [9.17, 15) is 5.11 Å². The molecule has 22 heavy (non-hydrogen) atoms. The van der Waals surface area contributed by atoms with Crippen LogP contribution in [0.2, 0.25) is 0 Å². The zero-order valence-corrected chi connectivity index (χ0v) is 12.7. The average Bonchev–Trinajstić information content (AvgIpc) is 3.13. The monoisotopic (exact) mass is 296 g/mol. The van der Waals surface area contributed by atoms with Gasteiger partial charge in [0.1, 0.15) is 11.9 Å². The van der Waals surface area contributed by atoms with E-state index in [0.717, 1.165) is 49.6 Å². The number of rotatable bonds is 3. The van der Waals surface area contributed by atoms with Gasteiger partial charge in [0.25, 0.3) is 0 Å². The first-order chi connectivity index (χ1) is 10.7. The van der Waals surface area contributed by atoms with E-state index in [4.69, 9.17) is 0 Å². The molecule has 1 atom stereocenters. The zero-order chi connectivity index (χ0) is 15.1. The van der Waals surface area contributed by atoms with Crippen LogP contribution in [0.15, 0.2) is 35.6 Å².